The number of hydrogen-bond donors (Lipinski definition) is 0. The van der Waals surface area contributed by atoms with Gasteiger partial charge in [-0.3, -0.25) is 4.79 Å². The van der Waals surface area contributed by atoms with E-state index in [4.69, 9.17) is 14.2 Å². The molecule has 0 saturated heterocycles. The van der Waals surface area contributed by atoms with Gasteiger partial charge < -0.3 is 19.1 Å². The number of aryl methyl sites for hydroxylation is 1. The highest BCUT2D eigenvalue weighted by Crippen LogP contribution is 2.34. The van der Waals surface area contributed by atoms with E-state index < -0.39 is 5.97 Å². The van der Waals surface area contributed by atoms with Gasteiger partial charge >= 0.3 is 5.97 Å². The monoisotopic (exact) mass is 557 g/mol. The Bertz CT molecular complexity index is 1180. The van der Waals surface area contributed by atoms with Crippen LogP contribution in [0.25, 0.3) is 0 Å². The fourth-order valence-electron chi connectivity index (χ4n) is 3.73. The van der Waals surface area contributed by atoms with Crippen molar-refractivity contribution in [2.75, 3.05) is 18.1 Å². The summed E-state index contributed by atoms with van der Waals surface area (Å²) in [7, 11) is 0. The summed E-state index contributed by atoms with van der Waals surface area (Å²) in [5.74, 6) is 0.923. The van der Waals surface area contributed by atoms with E-state index in [-0.39, 0.29) is 12.5 Å². The zero-order valence-corrected chi connectivity index (χ0v) is 20.6. The van der Waals surface area contributed by atoms with E-state index in [0.29, 0.717) is 36.8 Å². The van der Waals surface area contributed by atoms with E-state index in [2.05, 4.69) is 22.6 Å². The van der Waals surface area contributed by atoms with E-state index in [0.717, 1.165) is 25.9 Å². The van der Waals surface area contributed by atoms with Crippen LogP contribution in [0, 0.1) is 10.5 Å². The van der Waals surface area contributed by atoms with Crippen molar-refractivity contribution in [1.82, 2.24) is 0 Å². The largest absolute Gasteiger partial charge is 0.489 e. The van der Waals surface area contributed by atoms with Gasteiger partial charge in [-0.25, -0.2) is 4.79 Å². The molecule has 33 heavy (non-hydrogen) atoms. The average molecular weight is 557 g/mol. The molecular weight excluding hydrogens is 533 g/mol. The topological polar surface area (TPSA) is 65.1 Å². The molecule has 0 bridgehead atoms. The summed E-state index contributed by atoms with van der Waals surface area (Å²) in [6.45, 7) is 4.72. The van der Waals surface area contributed by atoms with Crippen molar-refractivity contribution in [2.24, 2.45) is 0 Å². The molecule has 170 valence electrons. The van der Waals surface area contributed by atoms with Crippen LogP contribution in [0.2, 0.25) is 0 Å². The van der Waals surface area contributed by atoms with Gasteiger partial charge in [0.1, 0.15) is 18.1 Å². The van der Waals surface area contributed by atoms with Gasteiger partial charge in [0.05, 0.1) is 13.2 Å². The Morgan fingerprint density at radius 2 is 1.82 bits per heavy atom. The lowest BCUT2D eigenvalue weighted by Gasteiger charge is -2.16. The van der Waals surface area contributed by atoms with Crippen molar-refractivity contribution in [1.29, 1.82) is 0 Å². The van der Waals surface area contributed by atoms with Crippen molar-refractivity contribution in [3.8, 4) is 11.5 Å². The number of ether oxygens (including phenoxy) is 3. The molecule has 0 radical (unpaired) electrons. The Balaban J connectivity index is 1.43. The highest BCUT2D eigenvalue weighted by molar-refractivity contribution is 14.1. The van der Waals surface area contributed by atoms with Crippen LogP contribution in [-0.2, 0) is 22.7 Å². The number of carbonyl (C=O) groups is 2. The maximum atomic E-state index is 13.0. The van der Waals surface area contributed by atoms with E-state index in [1.807, 2.05) is 67.6 Å². The summed E-state index contributed by atoms with van der Waals surface area (Å²) >= 11 is 2.25. The normalized spacial score (nSPS) is 12.5. The molecule has 1 amide bonds. The quantitative estimate of drug-likeness (QED) is 0.279. The molecule has 0 spiro atoms. The lowest BCUT2D eigenvalue weighted by Crippen LogP contribution is -2.22. The van der Waals surface area contributed by atoms with E-state index in [9.17, 15) is 9.59 Å². The van der Waals surface area contributed by atoms with Crippen LogP contribution in [0.3, 0.4) is 0 Å². The first-order chi connectivity index (χ1) is 16.0. The maximum Gasteiger partial charge on any atom is 0.344 e. The van der Waals surface area contributed by atoms with Gasteiger partial charge in [0.2, 0.25) is 0 Å². The van der Waals surface area contributed by atoms with Crippen LogP contribution in [-0.4, -0.2) is 25.1 Å². The molecule has 3 aromatic rings. The Labute approximate surface area is 206 Å². The molecule has 4 rings (SSSR count). The van der Waals surface area contributed by atoms with Crippen LogP contribution in [0.1, 0.15) is 34.0 Å². The summed E-state index contributed by atoms with van der Waals surface area (Å²) in [5.41, 5.74) is 4.31. The molecule has 7 heteroatoms. The zero-order chi connectivity index (χ0) is 23.4. The van der Waals surface area contributed by atoms with Gasteiger partial charge in [0.25, 0.3) is 5.91 Å². The maximum absolute atomic E-state index is 13.0. The highest BCUT2D eigenvalue weighted by Gasteiger charge is 2.31. The Hall–Kier alpha value is -3.07. The predicted molar refractivity (Wildman–Crippen MR) is 134 cm³/mol. The minimum atomic E-state index is -0.393. The lowest BCUT2D eigenvalue weighted by molar-refractivity contribution is -0.145. The molecule has 0 fully saturated rings. The standard InChI is InChI=1S/C26H24INO5/c1-3-31-25(29)16-33-23-12-7-18(13-17(23)2)15-32-24-6-4-5-21-22(24)14-28(26(21)30)20-10-8-19(27)9-11-20/h4-13H,3,14-16H2,1-2H3. The summed E-state index contributed by atoms with van der Waals surface area (Å²) in [6.07, 6.45) is 0. The van der Waals surface area contributed by atoms with Gasteiger partial charge in [-0.15, -0.1) is 0 Å². The third-order valence-electron chi connectivity index (χ3n) is 5.35. The number of hydrogen-bond acceptors (Lipinski definition) is 5. The zero-order valence-electron chi connectivity index (χ0n) is 18.5. The number of benzene rings is 3. The molecule has 1 aliphatic heterocycles. The van der Waals surface area contributed by atoms with Gasteiger partial charge in [0.15, 0.2) is 6.61 Å². The number of anilines is 1. The van der Waals surface area contributed by atoms with Crippen LogP contribution >= 0.6 is 22.6 Å². The summed E-state index contributed by atoms with van der Waals surface area (Å²) < 4.78 is 17.7. The summed E-state index contributed by atoms with van der Waals surface area (Å²) in [4.78, 5) is 26.2. The number of rotatable bonds is 8. The summed E-state index contributed by atoms with van der Waals surface area (Å²) in [5, 5.41) is 0. The van der Waals surface area contributed by atoms with Gasteiger partial charge in [-0.1, -0.05) is 12.1 Å². The Morgan fingerprint density at radius 1 is 1.03 bits per heavy atom. The van der Waals surface area contributed by atoms with Crippen molar-refractivity contribution in [3.63, 3.8) is 0 Å². The molecule has 0 aliphatic carbocycles. The lowest BCUT2D eigenvalue weighted by atomic mass is 10.1. The van der Waals surface area contributed by atoms with Crippen molar-refractivity contribution >= 4 is 40.2 Å². The number of carbonyl (C=O) groups excluding carboxylic acids is 2. The molecular formula is C26H24INO5. The van der Waals surface area contributed by atoms with Crippen LogP contribution in [0.5, 0.6) is 11.5 Å². The molecule has 1 aliphatic rings. The third kappa shape index (κ3) is 5.30. The first-order valence-electron chi connectivity index (χ1n) is 10.7. The molecule has 6 nitrogen and oxygen atoms in total. The number of fused-ring (bicyclic) bond motifs is 1. The molecule has 0 atom stereocenters. The van der Waals surface area contributed by atoms with Crippen molar-refractivity contribution in [2.45, 2.75) is 27.0 Å². The molecule has 1 heterocycles. The van der Waals surface area contributed by atoms with Crippen LogP contribution in [0.15, 0.2) is 60.7 Å². The minimum absolute atomic E-state index is 0.0180. The average Bonchev–Trinajstić information content (AvgIpc) is 3.15. The van der Waals surface area contributed by atoms with Crippen LogP contribution < -0.4 is 14.4 Å². The van der Waals surface area contributed by atoms with Gasteiger partial charge in [-0.2, -0.15) is 0 Å². The second-order valence-electron chi connectivity index (χ2n) is 7.63. The second-order valence-corrected chi connectivity index (χ2v) is 8.88. The number of nitrogens with zero attached hydrogens (tertiary/aromatic N) is 1. The van der Waals surface area contributed by atoms with Crippen molar-refractivity contribution in [3.05, 3.63) is 86.5 Å². The first kappa shape index (κ1) is 23.1. The minimum Gasteiger partial charge on any atom is -0.489 e. The van der Waals surface area contributed by atoms with E-state index >= 15 is 0 Å². The molecule has 3 aromatic carbocycles. The van der Waals surface area contributed by atoms with E-state index in [1.54, 1.807) is 11.8 Å². The number of amides is 1. The molecule has 0 N–H and O–H groups in total. The third-order valence-corrected chi connectivity index (χ3v) is 6.07. The SMILES string of the molecule is CCOC(=O)COc1ccc(COc2cccc3c2CN(c2ccc(I)cc2)C3=O)cc1C. The fourth-order valence-corrected chi connectivity index (χ4v) is 4.09. The predicted octanol–water partition coefficient (Wildman–Crippen LogP) is 5.28. The van der Waals surface area contributed by atoms with Gasteiger partial charge in [-0.05, 0) is 96.1 Å². The number of halogens is 1. The van der Waals surface area contributed by atoms with Gasteiger partial charge in [0, 0.05) is 20.4 Å². The van der Waals surface area contributed by atoms with E-state index in [1.165, 1.54) is 0 Å². The second kappa shape index (κ2) is 10.2. The fraction of sp³-hybridized carbons (Fsp3) is 0.231. The molecule has 0 saturated carbocycles. The molecule has 0 unspecified atom stereocenters. The van der Waals surface area contributed by atoms with Crippen molar-refractivity contribution < 1.29 is 23.8 Å². The summed E-state index contributed by atoms with van der Waals surface area (Å²) in [6, 6.07) is 19.2. The van der Waals surface area contributed by atoms with Crippen LogP contribution in [0.4, 0.5) is 5.69 Å². The Kier molecular flexibility index (Phi) is 7.17. The number of esters is 1. The smallest absolute Gasteiger partial charge is 0.344 e. The first-order valence-corrected chi connectivity index (χ1v) is 11.7. The highest BCUT2D eigenvalue weighted by atomic mass is 127. The Morgan fingerprint density at radius 3 is 2.55 bits per heavy atom. The molecule has 0 aromatic heterocycles.